The smallest absolute Gasteiger partial charge is 0.141 e. The van der Waals surface area contributed by atoms with Gasteiger partial charge in [0.05, 0.1) is 11.6 Å². The highest BCUT2D eigenvalue weighted by atomic mass is 35.5. The van der Waals surface area contributed by atoms with Gasteiger partial charge in [0, 0.05) is 5.69 Å². The van der Waals surface area contributed by atoms with Crippen LogP contribution < -0.4 is 10.1 Å². The molecule has 0 aliphatic carbocycles. The van der Waals surface area contributed by atoms with Crippen LogP contribution in [-0.4, -0.2) is 12.6 Å². The number of hydrogen-bond acceptors (Lipinski definition) is 2. The molecule has 0 bridgehead atoms. The lowest BCUT2D eigenvalue weighted by Gasteiger charge is -2.18. The number of benzene rings is 2. The number of ether oxygens (including phenoxy) is 1. The number of halogens is 2. The molecule has 0 aromatic heterocycles. The van der Waals surface area contributed by atoms with E-state index in [1.54, 1.807) is 12.1 Å². The first-order valence-electron chi connectivity index (χ1n) is 6.88. The molecule has 2 aromatic carbocycles. The summed E-state index contributed by atoms with van der Waals surface area (Å²) in [5, 5.41) is 3.30. The van der Waals surface area contributed by atoms with Crippen LogP contribution in [-0.2, 0) is 0 Å². The number of aryl methyl sites for hydroxylation is 2. The second-order valence-electron chi connectivity index (χ2n) is 5.21. The summed E-state index contributed by atoms with van der Waals surface area (Å²) in [6.07, 6.45) is -0.0191. The van der Waals surface area contributed by atoms with Gasteiger partial charge in [-0.2, -0.15) is 0 Å². The fourth-order valence-corrected chi connectivity index (χ4v) is 2.14. The van der Waals surface area contributed by atoms with Gasteiger partial charge in [-0.05, 0) is 56.2 Å². The molecule has 2 rings (SSSR count). The van der Waals surface area contributed by atoms with Gasteiger partial charge >= 0.3 is 0 Å². The molecule has 1 N–H and O–H groups in total. The first-order chi connectivity index (χ1) is 9.95. The second-order valence-corrected chi connectivity index (χ2v) is 5.61. The van der Waals surface area contributed by atoms with Crippen molar-refractivity contribution in [2.24, 2.45) is 0 Å². The topological polar surface area (TPSA) is 21.3 Å². The van der Waals surface area contributed by atoms with Gasteiger partial charge in [0.15, 0.2) is 0 Å². The molecule has 0 saturated carbocycles. The minimum atomic E-state index is -0.415. The van der Waals surface area contributed by atoms with Crippen molar-refractivity contribution >= 4 is 17.3 Å². The third kappa shape index (κ3) is 4.36. The summed E-state index contributed by atoms with van der Waals surface area (Å²) in [6.45, 7) is 6.65. The zero-order valence-corrected chi connectivity index (χ0v) is 13.2. The molecule has 112 valence electrons. The van der Waals surface area contributed by atoms with Crippen molar-refractivity contribution < 1.29 is 9.13 Å². The summed E-state index contributed by atoms with van der Waals surface area (Å²) in [6, 6.07) is 10.7. The molecule has 2 aromatic rings. The molecule has 1 atom stereocenters. The van der Waals surface area contributed by atoms with Crippen LogP contribution >= 0.6 is 11.6 Å². The van der Waals surface area contributed by atoms with E-state index < -0.39 is 5.82 Å². The summed E-state index contributed by atoms with van der Waals surface area (Å²) in [5.74, 6) is 0.475. The largest absolute Gasteiger partial charge is 0.489 e. The molecule has 0 fully saturated rings. The van der Waals surface area contributed by atoms with Crippen LogP contribution in [0.15, 0.2) is 36.4 Å². The van der Waals surface area contributed by atoms with Gasteiger partial charge in [0.2, 0.25) is 0 Å². The number of nitrogens with one attached hydrogen (secondary N) is 1. The molecule has 0 saturated heterocycles. The Morgan fingerprint density at radius 3 is 2.67 bits per heavy atom. The lowest BCUT2D eigenvalue weighted by molar-refractivity contribution is 0.233. The molecule has 0 amide bonds. The Balaban J connectivity index is 1.94. The van der Waals surface area contributed by atoms with Crippen molar-refractivity contribution in [3.05, 3.63) is 58.4 Å². The van der Waals surface area contributed by atoms with Crippen LogP contribution in [0.1, 0.15) is 18.1 Å². The summed E-state index contributed by atoms with van der Waals surface area (Å²) in [5.41, 5.74) is 3.05. The van der Waals surface area contributed by atoms with Gasteiger partial charge < -0.3 is 10.1 Å². The highest BCUT2D eigenvalue weighted by Crippen LogP contribution is 2.22. The Kier molecular flexibility index (Phi) is 5.07. The van der Waals surface area contributed by atoms with Gasteiger partial charge in [-0.15, -0.1) is 0 Å². The minimum absolute atomic E-state index is 0.0191. The Morgan fingerprint density at radius 2 is 1.95 bits per heavy atom. The maximum atomic E-state index is 13.1. The normalized spacial score (nSPS) is 12.0. The third-order valence-electron chi connectivity index (χ3n) is 3.19. The Hall–Kier alpha value is -1.74. The van der Waals surface area contributed by atoms with E-state index in [0.717, 1.165) is 17.0 Å². The molecule has 0 radical (unpaired) electrons. The van der Waals surface area contributed by atoms with E-state index in [1.165, 1.54) is 11.6 Å². The SMILES string of the molecule is Cc1ccc(C)c(O[C@H](C)CNc2ccc(F)c(Cl)c2)c1. The van der Waals surface area contributed by atoms with Gasteiger partial charge in [0.1, 0.15) is 17.7 Å². The van der Waals surface area contributed by atoms with E-state index in [4.69, 9.17) is 16.3 Å². The fourth-order valence-electron chi connectivity index (χ4n) is 1.96. The average molecular weight is 308 g/mol. The molecule has 0 aliphatic rings. The average Bonchev–Trinajstić information content (AvgIpc) is 2.44. The fraction of sp³-hybridized carbons (Fsp3) is 0.294. The second kappa shape index (κ2) is 6.81. The third-order valence-corrected chi connectivity index (χ3v) is 3.47. The quantitative estimate of drug-likeness (QED) is 0.841. The maximum Gasteiger partial charge on any atom is 0.141 e. The number of anilines is 1. The van der Waals surface area contributed by atoms with E-state index >= 15 is 0 Å². The van der Waals surface area contributed by atoms with Crippen molar-refractivity contribution in [3.8, 4) is 5.75 Å². The molecular formula is C17H19ClFNO. The van der Waals surface area contributed by atoms with Crippen molar-refractivity contribution in [1.29, 1.82) is 0 Å². The number of hydrogen-bond donors (Lipinski definition) is 1. The maximum absolute atomic E-state index is 13.1. The predicted octanol–water partition coefficient (Wildman–Crippen LogP) is 4.98. The minimum Gasteiger partial charge on any atom is -0.489 e. The van der Waals surface area contributed by atoms with E-state index in [9.17, 15) is 4.39 Å². The Bertz CT molecular complexity index is 630. The summed E-state index contributed by atoms with van der Waals surface area (Å²) in [7, 11) is 0. The monoisotopic (exact) mass is 307 g/mol. The number of rotatable bonds is 5. The first-order valence-corrected chi connectivity index (χ1v) is 7.26. The lowest BCUT2D eigenvalue weighted by atomic mass is 10.1. The molecular weight excluding hydrogens is 289 g/mol. The van der Waals surface area contributed by atoms with Gasteiger partial charge in [0.25, 0.3) is 0 Å². The van der Waals surface area contributed by atoms with Crippen LogP contribution in [0.25, 0.3) is 0 Å². The zero-order chi connectivity index (χ0) is 15.4. The summed E-state index contributed by atoms with van der Waals surface area (Å²) >= 11 is 5.75. The van der Waals surface area contributed by atoms with Gasteiger partial charge in [-0.25, -0.2) is 4.39 Å². The van der Waals surface area contributed by atoms with Crippen LogP contribution in [0.4, 0.5) is 10.1 Å². The summed E-state index contributed by atoms with van der Waals surface area (Å²) < 4.78 is 19.0. The highest BCUT2D eigenvalue weighted by molar-refractivity contribution is 6.31. The molecule has 21 heavy (non-hydrogen) atoms. The predicted molar refractivity (Wildman–Crippen MR) is 85.9 cm³/mol. The lowest BCUT2D eigenvalue weighted by Crippen LogP contribution is -2.23. The zero-order valence-electron chi connectivity index (χ0n) is 12.4. The summed E-state index contributed by atoms with van der Waals surface area (Å²) in [4.78, 5) is 0. The van der Waals surface area contributed by atoms with E-state index in [2.05, 4.69) is 11.4 Å². The van der Waals surface area contributed by atoms with Crippen molar-refractivity contribution in [1.82, 2.24) is 0 Å². The van der Waals surface area contributed by atoms with Crippen LogP contribution in [0.5, 0.6) is 5.75 Å². The standard InChI is InChI=1S/C17H19ClFNO/c1-11-4-5-12(2)17(8-11)21-13(3)10-20-14-6-7-16(19)15(18)9-14/h4-9,13,20H,10H2,1-3H3/t13-/m1/s1. The molecule has 2 nitrogen and oxygen atoms in total. The molecule has 0 aliphatic heterocycles. The molecule has 4 heteroatoms. The van der Waals surface area contributed by atoms with E-state index in [1.807, 2.05) is 32.9 Å². The van der Waals surface area contributed by atoms with Crippen LogP contribution in [0.3, 0.4) is 0 Å². The van der Waals surface area contributed by atoms with E-state index in [-0.39, 0.29) is 11.1 Å². The van der Waals surface area contributed by atoms with Gasteiger partial charge in [-0.1, -0.05) is 23.7 Å². The van der Waals surface area contributed by atoms with Crippen LogP contribution in [0.2, 0.25) is 5.02 Å². The molecule has 0 heterocycles. The molecule has 0 spiro atoms. The van der Waals surface area contributed by atoms with Gasteiger partial charge in [-0.3, -0.25) is 0 Å². The van der Waals surface area contributed by atoms with Crippen LogP contribution in [0, 0.1) is 19.7 Å². The van der Waals surface area contributed by atoms with E-state index in [0.29, 0.717) is 6.54 Å². The van der Waals surface area contributed by atoms with Crippen molar-refractivity contribution in [2.45, 2.75) is 26.9 Å². The first kappa shape index (κ1) is 15.6. The highest BCUT2D eigenvalue weighted by Gasteiger charge is 2.07. The van der Waals surface area contributed by atoms with Crippen molar-refractivity contribution in [3.63, 3.8) is 0 Å². The Labute approximate surface area is 129 Å². The molecule has 0 unspecified atom stereocenters. The van der Waals surface area contributed by atoms with Crippen molar-refractivity contribution in [2.75, 3.05) is 11.9 Å². The Morgan fingerprint density at radius 1 is 1.19 bits per heavy atom.